The zero-order valence-corrected chi connectivity index (χ0v) is 7.97. The molecule has 1 rings (SSSR count). The van der Waals surface area contributed by atoms with E-state index in [9.17, 15) is 4.39 Å². The van der Waals surface area contributed by atoms with Gasteiger partial charge in [0.15, 0.2) is 0 Å². The van der Waals surface area contributed by atoms with E-state index in [0.29, 0.717) is 6.54 Å². The van der Waals surface area contributed by atoms with E-state index >= 15 is 0 Å². The number of hydrogen-bond acceptors (Lipinski definition) is 1. The fraction of sp³-hybridized carbons (Fsp3) is 1.00. The van der Waals surface area contributed by atoms with E-state index in [1.165, 1.54) is 0 Å². The highest BCUT2D eigenvalue weighted by Crippen LogP contribution is 2.45. The van der Waals surface area contributed by atoms with Crippen LogP contribution in [-0.2, 0) is 0 Å². The van der Waals surface area contributed by atoms with Crippen LogP contribution in [0.5, 0.6) is 0 Å². The summed E-state index contributed by atoms with van der Waals surface area (Å²) >= 11 is 0. The van der Waals surface area contributed by atoms with Crippen molar-refractivity contribution in [3.8, 4) is 0 Å². The summed E-state index contributed by atoms with van der Waals surface area (Å²) in [6.07, 6.45) is 0. The molecule has 1 aliphatic rings. The molecule has 0 bridgehead atoms. The highest BCUT2D eigenvalue weighted by Gasteiger charge is 2.48. The van der Waals surface area contributed by atoms with Crippen LogP contribution < -0.4 is 0 Å². The Morgan fingerprint density at radius 1 is 1.40 bits per heavy atom. The average molecular weight is 163 g/mol. The van der Waals surface area contributed by atoms with Gasteiger partial charge in [0, 0.05) is 18.5 Å². The maximum absolute atomic E-state index is 13.6. The van der Waals surface area contributed by atoms with Crippen molar-refractivity contribution in [3.05, 3.63) is 0 Å². The maximum atomic E-state index is 13.6. The van der Waals surface area contributed by atoms with Crippen LogP contribution in [0.3, 0.4) is 0 Å². The number of alkyl halides is 1. The molecular weight excluding hydrogens is 148 g/mol. The smallest absolute Gasteiger partial charge is 0.142 e. The van der Waals surface area contributed by atoms with Gasteiger partial charge in [-0.05, 0) is 7.05 Å². The van der Waals surface area contributed by atoms with Gasteiger partial charge in [0.05, 0.1) is 0 Å². The number of halogens is 1. The third-order valence-electron chi connectivity index (χ3n) is 2.29. The molecular formula is C7H15FNP. The van der Waals surface area contributed by atoms with E-state index in [2.05, 4.69) is 9.24 Å². The van der Waals surface area contributed by atoms with Crippen molar-refractivity contribution >= 4 is 9.24 Å². The Balaban J connectivity index is 2.78. The monoisotopic (exact) mass is 163 g/mol. The molecule has 0 N–H and O–H groups in total. The molecule has 2 unspecified atom stereocenters. The van der Waals surface area contributed by atoms with Gasteiger partial charge in [-0.15, -0.1) is 0 Å². The van der Waals surface area contributed by atoms with Gasteiger partial charge in [0.1, 0.15) is 5.41 Å². The summed E-state index contributed by atoms with van der Waals surface area (Å²) in [5.41, 5.74) is -0.216. The van der Waals surface area contributed by atoms with Crippen molar-refractivity contribution < 1.29 is 4.39 Å². The van der Waals surface area contributed by atoms with Crippen LogP contribution in [0.15, 0.2) is 0 Å². The summed E-state index contributed by atoms with van der Waals surface area (Å²) in [6, 6.07) is 0. The number of likely N-dealkylation sites (tertiary alicyclic amines) is 1. The fourth-order valence-electron chi connectivity index (χ4n) is 1.47. The van der Waals surface area contributed by atoms with Crippen molar-refractivity contribution in [1.29, 1.82) is 0 Å². The Kier molecular flexibility index (Phi) is 1.81. The molecule has 1 saturated heterocycles. The summed E-state index contributed by atoms with van der Waals surface area (Å²) < 4.78 is 13.6. The molecule has 2 atom stereocenters. The van der Waals surface area contributed by atoms with Gasteiger partial charge in [-0.3, -0.25) is 0 Å². The van der Waals surface area contributed by atoms with E-state index in [-0.39, 0.29) is 5.41 Å². The molecule has 1 aliphatic heterocycles. The van der Waals surface area contributed by atoms with Crippen molar-refractivity contribution in [3.63, 3.8) is 0 Å². The van der Waals surface area contributed by atoms with Gasteiger partial charge >= 0.3 is 0 Å². The summed E-state index contributed by atoms with van der Waals surface area (Å²) in [7, 11) is 4.27. The summed E-state index contributed by atoms with van der Waals surface area (Å²) in [4.78, 5) is 2.02. The van der Waals surface area contributed by atoms with E-state index in [1.807, 2.05) is 25.8 Å². The molecule has 0 saturated carbocycles. The van der Waals surface area contributed by atoms with E-state index < -0.39 is 5.41 Å². The summed E-state index contributed by atoms with van der Waals surface area (Å²) in [5, 5.41) is -1.10. The lowest BCUT2D eigenvalue weighted by Gasteiger charge is -2.28. The van der Waals surface area contributed by atoms with Crippen molar-refractivity contribution in [2.24, 2.45) is 5.41 Å². The Labute approximate surface area is 64.2 Å². The highest BCUT2D eigenvalue weighted by atomic mass is 31.0. The number of nitrogens with zero attached hydrogens (tertiary/aromatic N) is 1. The Morgan fingerprint density at radius 2 is 1.90 bits per heavy atom. The van der Waals surface area contributed by atoms with Gasteiger partial charge in [-0.1, -0.05) is 23.1 Å². The average Bonchev–Trinajstić information content (AvgIpc) is 1.73. The molecule has 0 amide bonds. The minimum Gasteiger partial charge on any atom is -0.302 e. The maximum Gasteiger partial charge on any atom is 0.142 e. The standard InChI is InChI=1S/C7H15FNP/c1-6(2)4-9(3)5-7(6,8)10/h4-5,10H2,1-3H3. The molecule has 0 aliphatic carbocycles. The van der Waals surface area contributed by atoms with Crippen LogP contribution in [0.2, 0.25) is 0 Å². The van der Waals surface area contributed by atoms with Crippen molar-refractivity contribution in [2.75, 3.05) is 20.1 Å². The first kappa shape index (κ1) is 8.42. The summed E-state index contributed by atoms with van der Waals surface area (Å²) in [6.45, 7) is 5.30. The first-order chi connectivity index (χ1) is 4.35. The quantitative estimate of drug-likeness (QED) is 0.489. The van der Waals surface area contributed by atoms with Crippen LogP contribution in [0.25, 0.3) is 0 Å². The van der Waals surface area contributed by atoms with Gasteiger partial charge < -0.3 is 4.90 Å². The predicted octanol–water partition coefficient (Wildman–Crippen LogP) is 1.50. The van der Waals surface area contributed by atoms with Crippen molar-refractivity contribution in [2.45, 2.75) is 19.3 Å². The molecule has 0 spiro atoms. The van der Waals surface area contributed by atoms with Gasteiger partial charge in [0.2, 0.25) is 0 Å². The van der Waals surface area contributed by atoms with Gasteiger partial charge in [-0.25, -0.2) is 4.39 Å². The van der Waals surface area contributed by atoms with Crippen LogP contribution in [0.4, 0.5) is 4.39 Å². The van der Waals surface area contributed by atoms with E-state index in [0.717, 1.165) is 6.54 Å². The zero-order valence-electron chi connectivity index (χ0n) is 6.82. The summed E-state index contributed by atoms with van der Waals surface area (Å²) in [5.74, 6) is 0. The lowest BCUT2D eigenvalue weighted by atomic mass is 9.90. The molecule has 10 heavy (non-hydrogen) atoms. The molecule has 60 valence electrons. The second-order valence-corrected chi connectivity index (χ2v) is 4.83. The first-order valence-corrected chi connectivity index (χ1v) is 4.09. The normalized spacial score (nSPS) is 40.5. The van der Waals surface area contributed by atoms with Crippen LogP contribution in [0.1, 0.15) is 13.8 Å². The largest absolute Gasteiger partial charge is 0.302 e. The van der Waals surface area contributed by atoms with Crippen molar-refractivity contribution in [1.82, 2.24) is 4.90 Å². The van der Waals surface area contributed by atoms with Gasteiger partial charge in [0.25, 0.3) is 0 Å². The predicted molar refractivity (Wildman–Crippen MR) is 44.8 cm³/mol. The molecule has 0 aromatic rings. The second-order valence-electron chi connectivity index (χ2n) is 3.92. The molecule has 1 heterocycles. The second kappa shape index (κ2) is 2.15. The van der Waals surface area contributed by atoms with E-state index in [4.69, 9.17) is 0 Å². The zero-order chi connectivity index (χ0) is 7.99. The minimum atomic E-state index is -1.10. The van der Waals surface area contributed by atoms with Crippen LogP contribution in [-0.4, -0.2) is 30.4 Å². The number of hydrogen-bond donors (Lipinski definition) is 0. The third kappa shape index (κ3) is 1.19. The topological polar surface area (TPSA) is 3.24 Å². The lowest BCUT2D eigenvalue weighted by molar-refractivity contribution is 0.165. The molecule has 3 heteroatoms. The minimum absolute atomic E-state index is 0.216. The molecule has 0 aromatic carbocycles. The SMILES string of the molecule is CN1CC(C)(C)C(F)(P)C1. The molecule has 0 radical (unpaired) electrons. The first-order valence-electron chi connectivity index (χ1n) is 3.51. The van der Waals surface area contributed by atoms with Crippen LogP contribution in [0, 0.1) is 5.41 Å². The fourth-order valence-corrected chi connectivity index (χ4v) is 1.87. The van der Waals surface area contributed by atoms with Gasteiger partial charge in [-0.2, -0.15) is 0 Å². The molecule has 1 nitrogen and oxygen atoms in total. The third-order valence-corrected chi connectivity index (χ3v) is 3.25. The Bertz CT molecular complexity index is 129. The van der Waals surface area contributed by atoms with Crippen LogP contribution >= 0.6 is 9.24 Å². The Hall–Kier alpha value is 0.320. The molecule has 1 fully saturated rings. The lowest BCUT2D eigenvalue weighted by Crippen LogP contribution is -2.32. The van der Waals surface area contributed by atoms with E-state index in [1.54, 1.807) is 0 Å². The number of rotatable bonds is 0. The molecule has 0 aromatic heterocycles. The Morgan fingerprint density at radius 3 is 2.00 bits per heavy atom. The highest BCUT2D eigenvalue weighted by molar-refractivity contribution is 7.18.